The third kappa shape index (κ3) is 5.52. The smallest absolute Gasteiger partial charge is 0.264 e. The number of allylic oxidation sites excluding steroid dienone is 1. The average molecular weight is 310 g/mol. The van der Waals surface area contributed by atoms with Crippen LogP contribution in [0, 0.1) is 0 Å². The van der Waals surface area contributed by atoms with Gasteiger partial charge in [-0.15, -0.1) is 0 Å². The number of unbranched alkanes of at least 4 members (excludes halogenated alkanes) is 1. The highest BCUT2D eigenvalue weighted by molar-refractivity contribution is 7.85. The van der Waals surface area contributed by atoms with Crippen molar-refractivity contribution in [2.75, 3.05) is 19.5 Å². The molecule has 1 aliphatic rings. The maximum absolute atomic E-state index is 10.8. The summed E-state index contributed by atoms with van der Waals surface area (Å²) in [7, 11) is -3.33. The molecule has 0 aromatic heterocycles. The van der Waals surface area contributed by atoms with Gasteiger partial charge in [0.05, 0.1) is 19.5 Å². The molecule has 0 aliphatic heterocycles. The van der Waals surface area contributed by atoms with Crippen molar-refractivity contribution in [2.24, 2.45) is 0 Å². The molecule has 21 heavy (non-hydrogen) atoms. The van der Waals surface area contributed by atoms with E-state index >= 15 is 0 Å². The van der Waals surface area contributed by atoms with Crippen LogP contribution in [-0.4, -0.2) is 27.9 Å². The summed E-state index contributed by atoms with van der Waals surface area (Å²) in [6, 6.07) is 6.22. The lowest BCUT2D eigenvalue weighted by Gasteiger charge is -2.18. The quantitative estimate of drug-likeness (QED) is 0.441. The second kappa shape index (κ2) is 7.09. The number of hydrogen-bond acceptors (Lipinski definition) is 4. The largest absolute Gasteiger partial charge is 0.494 e. The van der Waals surface area contributed by atoms with Gasteiger partial charge in [-0.2, -0.15) is 8.42 Å². The van der Waals surface area contributed by atoms with Gasteiger partial charge < -0.3 is 4.74 Å². The van der Waals surface area contributed by atoms with Crippen molar-refractivity contribution in [1.29, 1.82) is 0 Å². The first-order valence-corrected chi connectivity index (χ1v) is 9.01. The summed E-state index contributed by atoms with van der Waals surface area (Å²) in [6.45, 7) is 4.83. The summed E-state index contributed by atoms with van der Waals surface area (Å²) < 4.78 is 32.0. The van der Waals surface area contributed by atoms with Crippen LogP contribution in [0.15, 0.2) is 30.4 Å². The van der Waals surface area contributed by atoms with E-state index in [1.54, 1.807) is 0 Å². The Morgan fingerprint density at radius 2 is 1.90 bits per heavy atom. The van der Waals surface area contributed by atoms with Crippen LogP contribution in [0.4, 0.5) is 0 Å². The van der Waals surface area contributed by atoms with Gasteiger partial charge in [0.1, 0.15) is 5.75 Å². The topological polar surface area (TPSA) is 52.6 Å². The summed E-state index contributed by atoms with van der Waals surface area (Å²) >= 11 is 0. The van der Waals surface area contributed by atoms with Crippen LogP contribution in [0.5, 0.6) is 5.75 Å². The van der Waals surface area contributed by atoms with Crippen molar-refractivity contribution in [3.63, 3.8) is 0 Å². The van der Waals surface area contributed by atoms with Gasteiger partial charge in [0.15, 0.2) is 0 Å². The normalized spacial score (nSPS) is 14.8. The van der Waals surface area contributed by atoms with Gasteiger partial charge in [-0.1, -0.05) is 18.2 Å². The molecule has 0 spiro atoms. The van der Waals surface area contributed by atoms with Crippen LogP contribution in [-0.2, 0) is 27.1 Å². The molecule has 0 atom stereocenters. The third-order valence-electron chi connectivity index (χ3n) is 3.47. The van der Waals surface area contributed by atoms with Crippen LogP contribution in [0.1, 0.15) is 30.4 Å². The van der Waals surface area contributed by atoms with Gasteiger partial charge >= 0.3 is 0 Å². The summed E-state index contributed by atoms with van der Waals surface area (Å²) in [4.78, 5) is 0. The molecule has 1 aromatic carbocycles. The molecule has 1 aliphatic carbocycles. The SMILES string of the molecule is C=C1CCc2ccc(OCCCCOS(C)(=O)=O)cc2C1. The van der Waals surface area contributed by atoms with E-state index in [1.165, 1.54) is 16.7 Å². The Morgan fingerprint density at radius 1 is 1.14 bits per heavy atom. The van der Waals surface area contributed by atoms with Gasteiger partial charge in [0.2, 0.25) is 0 Å². The first-order valence-electron chi connectivity index (χ1n) is 7.20. The van der Waals surface area contributed by atoms with Crippen molar-refractivity contribution in [3.8, 4) is 5.75 Å². The summed E-state index contributed by atoms with van der Waals surface area (Å²) in [6.07, 6.45) is 5.57. The van der Waals surface area contributed by atoms with Crippen molar-refractivity contribution in [1.82, 2.24) is 0 Å². The molecule has 0 unspecified atom stereocenters. The van der Waals surface area contributed by atoms with E-state index in [1.807, 2.05) is 6.07 Å². The van der Waals surface area contributed by atoms with Crippen molar-refractivity contribution in [3.05, 3.63) is 41.5 Å². The Balaban J connectivity index is 1.74. The predicted molar refractivity (Wildman–Crippen MR) is 83.1 cm³/mol. The number of benzene rings is 1. The molecule has 2 rings (SSSR count). The van der Waals surface area contributed by atoms with Gasteiger partial charge in [-0.25, -0.2) is 0 Å². The van der Waals surface area contributed by atoms with Crippen molar-refractivity contribution >= 4 is 10.1 Å². The first-order chi connectivity index (χ1) is 9.94. The predicted octanol–water partition coefficient (Wildman–Crippen LogP) is 2.87. The van der Waals surface area contributed by atoms with E-state index in [4.69, 9.17) is 4.74 Å². The van der Waals surface area contributed by atoms with Crippen LogP contribution < -0.4 is 4.74 Å². The molecule has 0 saturated heterocycles. The molecule has 5 heteroatoms. The number of rotatable bonds is 7. The van der Waals surface area contributed by atoms with Crippen molar-refractivity contribution in [2.45, 2.75) is 32.1 Å². The molecule has 4 nitrogen and oxygen atoms in total. The van der Waals surface area contributed by atoms with E-state index in [2.05, 4.69) is 22.9 Å². The highest BCUT2D eigenvalue weighted by Crippen LogP contribution is 2.27. The van der Waals surface area contributed by atoms with Crippen LogP contribution in [0.25, 0.3) is 0 Å². The standard InChI is InChI=1S/C16H22O4S/c1-13-5-6-14-7-8-16(12-15(14)11-13)19-9-3-4-10-20-21(2,17)18/h7-8,12H,1,3-6,9-11H2,2H3. The first kappa shape index (κ1) is 16.0. The molecule has 0 radical (unpaired) electrons. The fraction of sp³-hybridized carbons (Fsp3) is 0.500. The average Bonchev–Trinajstić information content (AvgIpc) is 2.41. The Morgan fingerprint density at radius 3 is 2.67 bits per heavy atom. The monoisotopic (exact) mass is 310 g/mol. The number of hydrogen-bond donors (Lipinski definition) is 0. The van der Waals surface area contributed by atoms with E-state index in [-0.39, 0.29) is 6.61 Å². The highest BCUT2D eigenvalue weighted by Gasteiger charge is 2.12. The van der Waals surface area contributed by atoms with Gasteiger partial charge in [-0.05, 0) is 55.4 Å². The number of aryl methyl sites for hydroxylation is 1. The fourth-order valence-corrected chi connectivity index (χ4v) is 2.79. The maximum Gasteiger partial charge on any atom is 0.264 e. The second-order valence-electron chi connectivity index (χ2n) is 5.44. The Bertz CT molecular complexity index is 605. The fourth-order valence-electron chi connectivity index (χ4n) is 2.37. The minimum atomic E-state index is -3.33. The second-order valence-corrected chi connectivity index (χ2v) is 7.08. The Hall–Kier alpha value is -1.33. The number of fused-ring (bicyclic) bond motifs is 1. The van der Waals surface area contributed by atoms with Gasteiger partial charge in [-0.3, -0.25) is 4.18 Å². The summed E-state index contributed by atoms with van der Waals surface area (Å²) in [5.74, 6) is 0.868. The summed E-state index contributed by atoms with van der Waals surface area (Å²) in [5.41, 5.74) is 3.97. The third-order valence-corrected chi connectivity index (χ3v) is 4.07. The molecule has 0 bridgehead atoms. The van der Waals surface area contributed by atoms with E-state index in [9.17, 15) is 8.42 Å². The number of ether oxygens (including phenoxy) is 1. The maximum atomic E-state index is 10.8. The highest BCUT2D eigenvalue weighted by atomic mass is 32.2. The lowest BCUT2D eigenvalue weighted by atomic mass is 9.89. The molecule has 0 amide bonds. The molecule has 0 heterocycles. The van der Waals surface area contributed by atoms with E-state index < -0.39 is 10.1 Å². The molecule has 0 N–H and O–H groups in total. The lowest BCUT2D eigenvalue weighted by molar-refractivity contribution is 0.270. The van der Waals surface area contributed by atoms with E-state index in [0.29, 0.717) is 13.0 Å². The van der Waals surface area contributed by atoms with Crippen LogP contribution >= 0.6 is 0 Å². The molecule has 0 saturated carbocycles. The lowest BCUT2D eigenvalue weighted by Crippen LogP contribution is -2.07. The van der Waals surface area contributed by atoms with Gasteiger partial charge in [0, 0.05) is 0 Å². The zero-order chi connectivity index (χ0) is 15.3. The minimum Gasteiger partial charge on any atom is -0.494 e. The molecule has 116 valence electrons. The molecule has 0 fully saturated rings. The van der Waals surface area contributed by atoms with Crippen LogP contribution in [0.2, 0.25) is 0 Å². The minimum absolute atomic E-state index is 0.214. The Kier molecular flexibility index (Phi) is 5.42. The molecular formula is C16H22O4S. The zero-order valence-electron chi connectivity index (χ0n) is 12.4. The zero-order valence-corrected chi connectivity index (χ0v) is 13.2. The van der Waals surface area contributed by atoms with Crippen molar-refractivity contribution < 1.29 is 17.3 Å². The summed E-state index contributed by atoms with van der Waals surface area (Å²) in [5, 5.41) is 0. The van der Waals surface area contributed by atoms with Crippen LogP contribution in [0.3, 0.4) is 0 Å². The van der Waals surface area contributed by atoms with E-state index in [0.717, 1.165) is 37.7 Å². The Labute approximate surface area is 126 Å². The molecule has 1 aromatic rings. The van der Waals surface area contributed by atoms with Gasteiger partial charge in [0.25, 0.3) is 10.1 Å². The molecular weight excluding hydrogens is 288 g/mol.